The average Bonchev–Trinajstić information content (AvgIpc) is 2.70. The number of ether oxygens (including phenoxy) is 2. The Labute approximate surface area is 151 Å². The Balaban J connectivity index is 1.82. The van der Waals surface area contributed by atoms with E-state index < -0.39 is 5.97 Å². The first-order chi connectivity index (χ1) is 12.7. The van der Waals surface area contributed by atoms with Crippen LogP contribution in [0.4, 0.5) is 5.69 Å². The first-order valence-corrected chi connectivity index (χ1v) is 8.02. The number of anilines is 1. The van der Waals surface area contributed by atoms with Gasteiger partial charge >= 0.3 is 5.97 Å². The van der Waals surface area contributed by atoms with Gasteiger partial charge in [-0.3, -0.25) is 4.79 Å². The van der Waals surface area contributed by atoms with Crippen LogP contribution in [0.5, 0.6) is 5.88 Å². The maximum absolute atomic E-state index is 11.3. The fourth-order valence-corrected chi connectivity index (χ4v) is 2.50. The summed E-state index contributed by atoms with van der Waals surface area (Å²) in [4.78, 5) is 15.7. The molecule has 0 bridgehead atoms. The number of nitrogens with zero attached hydrogens (tertiary/aromatic N) is 2. The van der Waals surface area contributed by atoms with Gasteiger partial charge < -0.3 is 14.8 Å². The zero-order valence-corrected chi connectivity index (χ0v) is 14.2. The number of esters is 1. The van der Waals surface area contributed by atoms with Crippen molar-refractivity contribution in [3.63, 3.8) is 0 Å². The van der Waals surface area contributed by atoms with Crippen molar-refractivity contribution in [1.82, 2.24) is 4.98 Å². The second-order valence-electron chi connectivity index (χ2n) is 5.52. The van der Waals surface area contributed by atoms with Crippen molar-refractivity contribution in [2.24, 2.45) is 0 Å². The number of nitriles is 1. The van der Waals surface area contributed by atoms with Crippen molar-refractivity contribution in [1.29, 1.82) is 5.26 Å². The highest BCUT2D eigenvalue weighted by Gasteiger charge is 2.11. The van der Waals surface area contributed by atoms with E-state index in [4.69, 9.17) is 4.74 Å². The van der Waals surface area contributed by atoms with Crippen LogP contribution in [0.1, 0.15) is 11.1 Å². The zero-order chi connectivity index (χ0) is 18.4. The third-order valence-electron chi connectivity index (χ3n) is 3.84. The maximum atomic E-state index is 11.3. The summed E-state index contributed by atoms with van der Waals surface area (Å²) in [5.74, 6) is 0.0808. The van der Waals surface area contributed by atoms with E-state index in [-0.39, 0.29) is 6.54 Å². The molecule has 3 rings (SSSR count). The molecule has 0 fully saturated rings. The van der Waals surface area contributed by atoms with E-state index in [1.807, 2.05) is 30.3 Å². The maximum Gasteiger partial charge on any atom is 0.325 e. The largest absolute Gasteiger partial charge is 0.473 e. The molecule has 0 saturated heterocycles. The van der Waals surface area contributed by atoms with E-state index in [1.54, 1.807) is 24.3 Å². The molecule has 1 heterocycles. The van der Waals surface area contributed by atoms with Gasteiger partial charge in [-0.1, -0.05) is 30.3 Å². The topological polar surface area (TPSA) is 84.2 Å². The van der Waals surface area contributed by atoms with Crippen molar-refractivity contribution in [3.05, 3.63) is 65.7 Å². The van der Waals surface area contributed by atoms with Gasteiger partial charge in [0.2, 0.25) is 5.88 Å². The lowest BCUT2D eigenvalue weighted by molar-refractivity contribution is -0.138. The quantitative estimate of drug-likeness (QED) is 0.689. The van der Waals surface area contributed by atoms with Crippen LogP contribution in [-0.2, 0) is 16.1 Å². The minimum Gasteiger partial charge on any atom is -0.473 e. The number of fused-ring (bicyclic) bond motifs is 1. The third kappa shape index (κ3) is 3.90. The molecule has 26 heavy (non-hydrogen) atoms. The highest BCUT2D eigenvalue weighted by atomic mass is 16.5. The number of pyridine rings is 1. The van der Waals surface area contributed by atoms with Gasteiger partial charge in [0.05, 0.1) is 23.9 Å². The van der Waals surface area contributed by atoms with Crippen LogP contribution in [0.2, 0.25) is 0 Å². The number of hydrogen-bond donors (Lipinski definition) is 1. The summed E-state index contributed by atoms with van der Waals surface area (Å²) >= 11 is 0. The SMILES string of the molecule is COC(=O)CNc1ccc2nc(OCc3ccccc3)ccc2c1C#N. The summed E-state index contributed by atoms with van der Waals surface area (Å²) in [6, 6.07) is 19.0. The van der Waals surface area contributed by atoms with E-state index in [2.05, 4.69) is 21.1 Å². The van der Waals surface area contributed by atoms with Crippen LogP contribution in [0.3, 0.4) is 0 Å². The lowest BCUT2D eigenvalue weighted by Crippen LogP contribution is -2.15. The highest BCUT2D eigenvalue weighted by Crippen LogP contribution is 2.26. The standard InChI is InChI=1S/C20H17N3O3/c1-25-20(24)12-22-17-8-9-18-15(16(17)11-21)7-10-19(23-18)26-13-14-5-3-2-4-6-14/h2-10,22H,12-13H2,1H3. The van der Waals surface area contributed by atoms with Crippen molar-refractivity contribution in [3.8, 4) is 11.9 Å². The van der Waals surface area contributed by atoms with E-state index in [1.165, 1.54) is 7.11 Å². The number of nitrogens with one attached hydrogen (secondary N) is 1. The second-order valence-corrected chi connectivity index (χ2v) is 5.52. The lowest BCUT2D eigenvalue weighted by Gasteiger charge is -2.11. The molecule has 0 saturated carbocycles. The summed E-state index contributed by atoms with van der Waals surface area (Å²) in [7, 11) is 1.32. The average molecular weight is 347 g/mol. The predicted molar refractivity (Wildman–Crippen MR) is 97.7 cm³/mol. The van der Waals surface area contributed by atoms with Crippen molar-refractivity contribution >= 4 is 22.6 Å². The van der Waals surface area contributed by atoms with E-state index in [0.29, 0.717) is 34.6 Å². The van der Waals surface area contributed by atoms with Crippen LogP contribution in [0.15, 0.2) is 54.6 Å². The molecule has 6 nitrogen and oxygen atoms in total. The first-order valence-electron chi connectivity index (χ1n) is 8.02. The van der Waals surface area contributed by atoms with Gasteiger partial charge in [-0.15, -0.1) is 0 Å². The Morgan fingerprint density at radius 1 is 1.15 bits per heavy atom. The number of carbonyl (C=O) groups is 1. The molecule has 0 radical (unpaired) electrons. The van der Waals surface area contributed by atoms with Gasteiger partial charge in [0.1, 0.15) is 19.2 Å². The summed E-state index contributed by atoms with van der Waals surface area (Å²) in [5, 5.41) is 13.1. The van der Waals surface area contributed by atoms with Gasteiger partial charge in [0, 0.05) is 11.5 Å². The Morgan fingerprint density at radius 3 is 2.69 bits per heavy atom. The van der Waals surface area contributed by atoms with E-state index in [9.17, 15) is 10.1 Å². The molecule has 3 aromatic rings. The monoisotopic (exact) mass is 347 g/mol. The van der Waals surface area contributed by atoms with E-state index in [0.717, 1.165) is 5.56 Å². The zero-order valence-electron chi connectivity index (χ0n) is 14.2. The molecular weight excluding hydrogens is 330 g/mol. The molecular formula is C20H17N3O3. The van der Waals surface area contributed by atoms with Crippen molar-refractivity contribution in [2.75, 3.05) is 19.0 Å². The fraction of sp³-hybridized carbons (Fsp3) is 0.150. The highest BCUT2D eigenvalue weighted by molar-refractivity contribution is 5.91. The van der Waals surface area contributed by atoms with Crippen molar-refractivity contribution < 1.29 is 14.3 Å². The molecule has 1 N–H and O–H groups in total. The summed E-state index contributed by atoms with van der Waals surface area (Å²) < 4.78 is 10.3. The normalized spacial score (nSPS) is 10.2. The van der Waals surface area contributed by atoms with Crippen LogP contribution in [0, 0.1) is 11.3 Å². The summed E-state index contributed by atoms with van der Waals surface area (Å²) in [6.45, 7) is 0.408. The summed E-state index contributed by atoms with van der Waals surface area (Å²) in [5.41, 5.74) is 2.68. The minimum absolute atomic E-state index is 0.0115. The molecule has 0 amide bonds. The lowest BCUT2D eigenvalue weighted by atomic mass is 10.1. The molecule has 0 spiro atoms. The molecule has 0 aliphatic heterocycles. The Kier molecular flexibility index (Phi) is 5.30. The third-order valence-corrected chi connectivity index (χ3v) is 3.84. The second kappa shape index (κ2) is 7.99. The molecule has 0 unspecified atom stereocenters. The predicted octanol–water partition coefficient (Wildman–Crippen LogP) is 3.27. The summed E-state index contributed by atoms with van der Waals surface area (Å²) in [6.07, 6.45) is 0. The molecule has 130 valence electrons. The first kappa shape index (κ1) is 17.2. The Hall–Kier alpha value is -3.59. The number of benzene rings is 2. The van der Waals surface area contributed by atoms with E-state index >= 15 is 0 Å². The molecule has 0 aliphatic carbocycles. The van der Waals surface area contributed by atoms with Crippen LogP contribution < -0.4 is 10.1 Å². The number of aromatic nitrogens is 1. The number of methoxy groups -OCH3 is 1. The van der Waals surface area contributed by atoms with Gasteiger partial charge in [-0.2, -0.15) is 5.26 Å². The molecule has 1 aromatic heterocycles. The molecule has 2 aromatic carbocycles. The fourth-order valence-electron chi connectivity index (χ4n) is 2.50. The smallest absolute Gasteiger partial charge is 0.325 e. The van der Waals surface area contributed by atoms with Crippen molar-refractivity contribution in [2.45, 2.75) is 6.61 Å². The van der Waals surface area contributed by atoms with Crippen LogP contribution in [-0.4, -0.2) is 24.6 Å². The number of carbonyl (C=O) groups excluding carboxylic acids is 1. The number of hydrogen-bond acceptors (Lipinski definition) is 6. The Bertz CT molecular complexity index is 965. The molecule has 6 heteroatoms. The van der Waals surface area contributed by atoms with Crippen LogP contribution in [0.25, 0.3) is 10.9 Å². The van der Waals surface area contributed by atoms with Crippen LogP contribution >= 0.6 is 0 Å². The van der Waals surface area contributed by atoms with Gasteiger partial charge in [0.25, 0.3) is 0 Å². The van der Waals surface area contributed by atoms with Gasteiger partial charge in [-0.05, 0) is 23.8 Å². The van der Waals surface area contributed by atoms with Gasteiger partial charge in [0.15, 0.2) is 0 Å². The molecule has 0 aliphatic rings. The van der Waals surface area contributed by atoms with Gasteiger partial charge in [-0.25, -0.2) is 4.98 Å². The number of rotatable bonds is 6. The molecule has 0 atom stereocenters. The minimum atomic E-state index is -0.406. The Morgan fingerprint density at radius 2 is 1.96 bits per heavy atom.